The highest BCUT2D eigenvalue weighted by molar-refractivity contribution is 5.20. The van der Waals surface area contributed by atoms with Gasteiger partial charge in [0.25, 0.3) is 0 Å². The third-order valence-corrected chi connectivity index (χ3v) is 2.38. The van der Waals surface area contributed by atoms with Crippen molar-refractivity contribution in [2.24, 2.45) is 0 Å². The van der Waals surface area contributed by atoms with Gasteiger partial charge in [-0.05, 0) is 26.7 Å². The zero-order valence-electron chi connectivity index (χ0n) is 10.6. The molecule has 18 heavy (non-hydrogen) atoms. The molecule has 0 radical (unpaired) electrons. The maximum absolute atomic E-state index is 5.57. The van der Waals surface area contributed by atoms with E-state index in [1.807, 2.05) is 13.8 Å². The molecule has 1 fully saturated rings. The second-order valence-electron chi connectivity index (χ2n) is 4.37. The van der Waals surface area contributed by atoms with E-state index < -0.39 is 0 Å². The van der Waals surface area contributed by atoms with Gasteiger partial charge in [0, 0.05) is 6.61 Å². The van der Waals surface area contributed by atoms with Crippen molar-refractivity contribution in [3.63, 3.8) is 0 Å². The average Bonchev–Trinajstić information content (AvgIpc) is 2.77. The van der Waals surface area contributed by atoms with Gasteiger partial charge >= 0.3 is 12.0 Å². The van der Waals surface area contributed by atoms with Crippen LogP contribution < -0.4 is 15.2 Å². The number of nitrogens with two attached hydrogens (primary N) is 1. The Morgan fingerprint density at radius 2 is 2.11 bits per heavy atom. The van der Waals surface area contributed by atoms with Gasteiger partial charge in [0.15, 0.2) is 0 Å². The van der Waals surface area contributed by atoms with Crippen molar-refractivity contribution in [3.05, 3.63) is 0 Å². The molecule has 2 heterocycles. The maximum atomic E-state index is 5.57. The summed E-state index contributed by atoms with van der Waals surface area (Å²) in [6.45, 7) is 4.97. The zero-order chi connectivity index (χ0) is 13.0. The number of nitrogen functional groups attached to an aromatic ring is 1. The quantitative estimate of drug-likeness (QED) is 0.830. The summed E-state index contributed by atoms with van der Waals surface area (Å²) < 4.78 is 16.2. The van der Waals surface area contributed by atoms with Gasteiger partial charge in [0.05, 0.1) is 12.2 Å². The Bertz CT molecular complexity index is 394. The summed E-state index contributed by atoms with van der Waals surface area (Å²) >= 11 is 0. The Morgan fingerprint density at radius 1 is 1.33 bits per heavy atom. The van der Waals surface area contributed by atoms with Crippen LogP contribution in [0.5, 0.6) is 12.0 Å². The molecule has 2 N–H and O–H groups in total. The summed E-state index contributed by atoms with van der Waals surface area (Å²) in [4.78, 5) is 11.8. The van der Waals surface area contributed by atoms with Gasteiger partial charge in [-0.1, -0.05) is 0 Å². The Kier molecular flexibility index (Phi) is 4.14. The lowest BCUT2D eigenvalue weighted by molar-refractivity contribution is 0.0639. The molecular formula is C11H18N4O3. The lowest BCUT2D eigenvalue weighted by atomic mass is 10.2. The van der Waals surface area contributed by atoms with Crippen LogP contribution >= 0.6 is 0 Å². The van der Waals surface area contributed by atoms with Crippen molar-refractivity contribution >= 4 is 5.95 Å². The zero-order valence-corrected chi connectivity index (χ0v) is 10.6. The Morgan fingerprint density at radius 3 is 2.78 bits per heavy atom. The molecular weight excluding hydrogens is 236 g/mol. The van der Waals surface area contributed by atoms with E-state index in [4.69, 9.17) is 19.9 Å². The van der Waals surface area contributed by atoms with Crippen LogP contribution in [0.1, 0.15) is 26.7 Å². The lowest BCUT2D eigenvalue weighted by Crippen LogP contribution is -2.18. The molecule has 0 spiro atoms. The highest BCUT2D eigenvalue weighted by atomic mass is 16.5. The average molecular weight is 254 g/mol. The number of ether oxygens (including phenoxy) is 3. The fourth-order valence-corrected chi connectivity index (χ4v) is 1.62. The number of hydrogen-bond donors (Lipinski definition) is 1. The number of anilines is 1. The highest BCUT2D eigenvalue weighted by Gasteiger charge is 2.17. The van der Waals surface area contributed by atoms with E-state index in [2.05, 4.69) is 15.0 Å². The molecule has 7 heteroatoms. The molecule has 1 atom stereocenters. The third-order valence-electron chi connectivity index (χ3n) is 2.38. The number of aromatic nitrogens is 3. The smallest absolute Gasteiger partial charge is 0.324 e. The summed E-state index contributed by atoms with van der Waals surface area (Å²) in [5.41, 5.74) is 5.57. The maximum Gasteiger partial charge on any atom is 0.324 e. The Hall–Kier alpha value is -1.63. The van der Waals surface area contributed by atoms with Crippen molar-refractivity contribution < 1.29 is 14.2 Å². The first-order chi connectivity index (χ1) is 8.63. The van der Waals surface area contributed by atoms with Gasteiger partial charge in [0.2, 0.25) is 5.95 Å². The van der Waals surface area contributed by atoms with Gasteiger partial charge in [-0.25, -0.2) is 0 Å². The summed E-state index contributed by atoms with van der Waals surface area (Å²) in [6.07, 6.45) is 2.14. The third kappa shape index (κ3) is 3.69. The highest BCUT2D eigenvalue weighted by Crippen LogP contribution is 2.15. The van der Waals surface area contributed by atoms with Gasteiger partial charge in [-0.3, -0.25) is 0 Å². The molecule has 0 aromatic carbocycles. The summed E-state index contributed by atoms with van der Waals surface area (Å²) in [5, 5.41) is 0. The van der Waals surface area contributed by atoms with E-state index in [0.29, 0.717) is 6.61 Å². The minimum Gasteiger partial charge on any atom is -0.461 e. The first-order valence-electron chi connectivity index (χ1n) is 6.06. The van der Waals surface area contributed by atoms with Crippen molar-refractivity contribution in [3.8, 4) is 12.0 Å². The van der Waals surface area contributed by atoms with Crippen LogP contribution in [0.3, 0.4) is 0 Å². The molecule has 1 aromatic heterocycles. The molecule has 1 aliphatic rings. The molecule has 0 bridgehead atoms. The van der Waals surface area contributed by atoms with Crippen LogP contribution in [0, 0.1) is 0 Å². The first kappa shape index (κ1) is 12.8. The molecule has 2 rings (SSSR count). The fraction of sp³-hybridized carbons (Fsp3) is 0.727. The van der Waals surface area contributed by atoms with E-state index in [1.165, 1.54) is 0 Å². The lowest BCUT2D eigenvalue weighted by Gasteiger charge is -2.11. The number of hydrogen-bond acceptors (Lipinski definition) is 7. The predicted molar refractivity (Wildman–Crippen MR) is 64.5 cm³/mol. The molecule has 1 aromatic rings. The van der Waals surface area contributed by atoms with Gasteiger partial charge in [-0.15, -0.1) is 4.98 Å². The van der Waals surface area contributed by atoms with Crippen molar-refractivity contribution in [1.82, 2.24) is 15.0 Å². The molecule has 100 valence electrons. The van der Waals surface area contributed by atoms with Crippen molar-refractivity contribution in [2.45, 2.75) is 38.9 Å². The van der Waals surface area contributed by atoms with Crippen LogP contribution in [0.25, 0.3) is 0 Å². The molecule has 1 aliphatic heterocycles. The summed E-state index contributed by atoms with van der Waals surface area (Å²) in [6, 6.07) is 0.355. The second-order valence-corrected chi connectivity index (χ2v) is 4.37. The molecule has 0 saturated carbocycles. The van der Waals surface area contributed by atoms with Crippen molar-refractivity contribution in [1.29, 1.82) is 0 Å². The molecule has 1 saturated heterocycles. The SMILES string of the molecule is CC(C)Oc1nc(N)nc(OCC2CCCO2)n1. The summed E-state index contributed by atoms with van der Waals surface area (Å²) in [5.74, 6) is 0.0861. The molecule has 7 nitrogen and oxygen atoms in total. The summed E-state index contributed by atoms with van der Waals surface area (Å²) in [7, 11) is 0. The van der Waals surface area contributed by atoms with Gasteiger partial charge in [0.1, 0.15) is 6.61 Å². The predicted octanol–water partition coefficient (Wildman–Crippen LogP) is 0.799. The van der Waals surface area contributed by atoms with E-state index in [-0.39, 0.29) is 30.2 Å². The fourth-order valence-electron chi connectivity index (χ4n) is 1.62. The second kappa shape index (κ2) is 5.81. The van der Waals surface area contributed by atoms with Gasteiger partial charge in [-0.2, -0.15) is 9.97 Å². The van der Waals surface area contributed by atoms with E-state index >= 15 is 0 Å². The van der Waals surface area contributed by atoms with E-state index in [9.17, 15) is 0 Å². The Balaban J connectivity index is 1.96. The van der Waals surface area contributed by atoms with Crippen LogP contribution in [-0.4, -0.2) is 40.4 Å². The monoisotopic (exact) mass is 254 g/mol. The van der Waals surface area contributed by atoms with Gasteiger partial charge < -0.3 is 19.9 Å². The number of rotatable bonds is 5. The minimum atomic E-state index is -0.0298. The Labute approximate surface area is 106 Å². The van der Waals surface area contributed by atoms with Crippen LogP contribution in [0.4, 0.5) is 5.95 Å². The normalized spacial score (nSPS) is 19.2. The van der Waals surface area contributed by atoms with Crippen LogP contribution in [0.2, 0.25) is 0 Å². The topological polar surface area (TPSA) is 92.4 Å². The molecule has 0 aliphatic carbocycles. The number of nitrogens with zero attached hydrogens (tertiary/aromatic N) is 3. The largest absolute Gasteiger partial charge is 0.461 e. The minimum absolute atomic E-state index is 0.0298. The molecule has 1 unspecified atom stereocenters. The first-order valence-corrected chi connectivity index (χ1v) is 6.06. The van der Waals surface area contributed by atoms with Crippen molar-refractivity contribution in [2.75, 3.05) is 18.9 Å². The van der Waals surface area contributed by atoms with Crippen LogP contribution in [-0.2, 0) is 4.74 Å². The molecule has 0 amide bonds. The van der Waals surface area contributed by atoms with E-state index in [1.54, 1.807) is 0 Å². The van der Waals surface area contributed by atoms with E-state index in [0.717, 1.165) is 19.4 Å². The standard InChI is InChI=1S/C11H18N4O3/c1-7(2)18-11-14-9(12)13-10(15-11)17-6-8-4-3-5-16-8/h7-8H,3-6H2,1-2H3,(H2,12,13,14,15). The van der Waals surface area contributed by atoms with Crippen LogP contribution in [0.15, 0.2) is 0 Å².